The van der Waals surface area contributed by atoms with Crippen molar-refractivity contribution in [1.82, 2.24) is 15.2 Å². The number of rotatable bonds is 5. The quantitative estimate of drug-likeness (QED) is 0.772. The fourth-order valence-corrected chi connectivity index (χ4v) is 1.77. The van der Waals surface area contributed by atoms with Crippen molar-refractivity contribution in [2.45, 2.75) is 19.5 Å². The first kappa shape index (κ1) is 10.6. The summed E-state index contributed by atoms with van der Waals surface area (Å²) in [6, 6.07) is 0.531. The minimum absolute atomic E-state index is 0.531. The van der Waals surface area contributed by atoms with Gasteiger partial charge in [0, 0.05) is 24.5 Å². The molecular weight excluding hydrogens is 182 g/mol. The van der Waals surface area contributed by atoms with E-state index in [-0.39, 0.29) is 0 Å². The third-order valence-electron chi connectivity index (χ3n) is 1.99. The highest BCUT2D eigenvalue weighted by atomic mass is 32.1. The van der Waals surface area contributed by atoms with Gasteiger partial charge in [-0.1, -0.05) is 0 Å². The van der Waals surface area contributed by atoms with Crippen LogP contribution in [0.3, 0.4) is 0 Å². The van der Waals surface area contributed by atoms with E-state index in [9.17, 15) is 0 Å². The van der Waals surface area contributed by atoms with Crippen LogP contribution in [0.1, 0.15) is 12.6 Å². The van der Waals surface area contributed by atoms with Gasteiger partial charge in [-0.3, -0.25) is 4.90 Å². The minimum atomic E-state index is 0.531. The summed E-state index contributed by atoms with van der Waals surface area (Å²) in [6.07, 6.45) is 0. The number of nitrogens with zero attached hydrogens (tertiary/aromatic N) is 2. The average Bonchev–Trinajstić information content (AvgIpc) is 2.56. The molecule has 4 heteroatoms. The van der Waals surface area contributed by atoms with Crippen LogP contribution in [0.5, 0.6) is 0 Å². The summed E-state index contributed by atoms with van der Waals surface area (Å²) in [5.74, 6) is 0. The van der Waals surface area contributed by atoms with Crippen molar-refractivity contribution in [1.29, 1.82) is 0 Å². The van der Waals surface area contributed by atoms with E-state index in [1.54, 1.807) is 11.3 Å². The minimum Gasteiger partial charge on any atom is -0.316 e. The Balaban J connectivity index is 2.29. The Morgan fingerprint density at radius 3 is 3.00 bits per heavy atom. The summed E-state index contributed by atoms with van der Waals surface area (Å²) >= 11 is 1.65. The van der Waals surface area contributed by atoms with Crippen molar-refractivity contribution < 1.29 is 0 Å². The zero-order valence-corrected chi connectivity index (χ0v) is 9.27. The molecule has 0 aliphatic carbocycles. The summed E-state index contributed by atoms with van der Waals surface area (Å²) in [7, 11) is 4.11. The summed E-state index contributed by atoms with van der Waals surface area (Å²) < 4.78 is 0. The number of hydrogen-bond donors (Lipinski definition) is 1. The van der Waals surface area contributed by atoms with E-state index < -0.39 is 0 Å². The Kier molecular flexibility index (Phi) is 4.35. The van der Waals surface area contributed by atoms with Crippen molar-refractivity contribution in [3.63, 3.8) is 0 Å². The van der Waals surface area contributed by atoms with Gasteiger partial charge in [0.15, 0.2) is 0 Å². The summed E-state index contributed by atoms with van der Waals surface area (Å²) in [6.45, 7) is 4.17. The van der Waals surface area contributed by atoms with Crippen LogP contribution in [-0.2, 0) is 6.54 Å². The van der Waals surface area contributed by atoms with Crippen molar-refractivity contribution >= 4 is 11.3 Å². The van der Waals surface area contributed by atoms with Gasteiger partial charge in [0.2, 0.25) is 0 Å². The maximum absolute atomic E-state index is 4.25. The molecule has 0 aliphatic rings. The average molecular weight is 199 g/mol. The van der Waals surface area contributed by atoms with Crippen LogP contribution >= 0.6 is 11.3 Å². The molecule has 1 unspecified atom stereocenters. The molecule has 3 nitrogen and oxygen atoms in total. The van der Waals surface area contributed by atoms with E-state index in [1.807, 2.05) is 12.6 Å². The Hall–Kier alpha value is -0.450. The van der Waals surface area contributed by atoms with E-state index in [0.29, 0.717) is 6.04 Å². The van der Waals surface area contributed by atoms with Gasteiger partial charge < -0.3 is 5.32 Å². The van der Waals surface area contributed by atoms with Crippen LogP contribution in [0.15, 0.2) is 10.9 Å². The standard InChI is InChI=1S/C9H17N3S/c1-8(10-2)4-12(3)5-9-6-13-7-11-9/h6-8,10H,4-5H2,1-3H3. The molecule has 0 amide bonds. The van der Waals surface area contributed by atoms with Crippen molar-refractivity contribution in [2.75, 3.05) is 20.6 Å². The van der Waals surface area contributed by atoms with E-state index >= 15 is 0 Å². The molecule has 0 radical (unpaired) electrons. The SMILES string of the molecule is CNC(C)CN(C)Cc1cscn1. The molecule has 0 spiro atoms. The molecule has 13 heavy (non-hydrogen) atoms. The first-order valence-corrected chi connectivity index (χ1v) is 5.39. The predicted molar refractivity (Wildman–Crippen MR) is 57.0 cm³/mol. The summed E-state index contributed by atoms with van der Waals surface area (Å²) in [5, 5.41) is 5.31. The highest BCUT2D eigenvalue weighted by Crippen LogP contribution is 2.04. The second kappa shape index (κ2) is 5.32. The molecule has 0 aliphatic heterocycles. The third kappa shape index (κ3) is 3.85. The number of nitrogens with one attached hydrogen (secondary N) is 1. The Labute approximate surface area is 83.8 Å². The number of hydrogen-bond acceptors (Lipinski definition) is 4. The molecule has 1 aromatic rings. The molecule has 0 saturated heterocycles. The topological polar surface area (TPSA) is 28.2 Å². The summed E-state index contributed by atoms with van der Waals surface area (Å²) in [5.41, 5.74) is 3.04. The van der Waals surface area contributed by atoms with E-state index in [4.69, 9.17) is 0 Å². The molecule has 1 rings (SSSR count). The van der Waals surface area contributed by atoms with Crippen LogP contribution < -0.4 is 5.32 Å². The lowest BCUT2D eigenvalue weighted by Gasteiger charge is -2.19. The second-order valence-corrected chi connectivity index (χ2v) is 4.08. The van der Waals surface area contributed by atoms with Gasteiger partial charge in [-0.2, -0.15) is 0 Å². The van der Waals surface area contributed by atoms with Crippen LogP contribution in [-0.4, -0.2) is 36.6 Å². The molecule has 1 N–H and O–H groups in total. The Morgan fingerprint density at radius 2 is 2.46 bits per heavy atom. The smallest absolute Gasteiger partial charge is 0.0795 e. The zero-order valence-electron chi connectivity index (χ0n) is 8.45. The monoisotopic (exact) mass is 199 g/mol. The second-order valence-electron chi connectivity index (χ2n) is 3.37. The van der Waals surface area contributed by atoms with E-state index in [1.165, 1.54) is 0 Å². The van der Waals surface area contributed by atoms with Crippen LogP contribution in [0.25, 0.3) is 0 Å². The lowest BCUT2D eigenvalue weighted by Crippen LogP contribution is -2.34. The maximum atomic E-state index is 4.25. The summed E-state index contributed by atoms with van der Waals surface area (Å²) in [4.78, 5) is 6.52. The predicted octanol–water partition coefficient (Wildman–Crippen LogP) is 1.18. The number of aromatic nitrogens is 1. The van der Waals surface area contributed by atoms with Crippen molar-refractivity contribution in [2.24, 2.45) is 0 Å². The van der Waals surface area contributed by atoms with Crippen LogP contribution in [0.4, 0.5) is 0 Å². The molecule has 0 aromatic carbocycles. The third-order valence-corrected chi connectivity index (χ3v) is 2.63. The molecular formula is C9H17N3S. The highest BCUT2D eigenvalue weighted by Gasteiger charge is 2.05. The molecule has 0 bridgehead atoms. The van der Waals surface area contributed by atoms with Gasteiger partial charge in [-0.05, 0) is 21.0 Å². The fraction of sp³-hybridized carbons (Fsp3) is 0.667. The highest BCUT2D eigenvalue weighted by molar-refractivity contribution is 7.07. The number of thiazole rings is 1. The fourth-order valence-electron chi connectivity index (χ4n) is 1.22. The van der Waals surface area contributed by atoms with Gasteiger partial charge in [0.05, 0.1) is 11.2 Å². The lowest BCUT2D eigenvalue weighted by atomic mass is 10.3. The molecule has 0 saturated carbocycles. The van der Waals surface area contributed by atoms with E-state index in [2.05, 4.69) is 34.6 Å². The van der Waals surface area contributed by atoms with Gasteiger partial charge in [-0.15, -0.1) is 11.3 Å². The van der Waals surface area contributed by atoms with Gasteiger partial charge in [-0.25, -0.2) is 4.98 Å². The molecule has 1 aromatic heterocycles. The van der Waals surface area contributed by atoms with Gasteiger partial charge in [0.1, 0.15) is 0 Å². The van der Waals surface area contributed by atoms with E-state index in [0.717, 1.165) is 18.8 Å². The lowest BCUT2D eigenvalue weighted by molar-refractivity contribution is 0.293. The largest absolute Gasteiger partial charge is 0.316 e. The Morgan fingerprint density at radius 1 is 1.69 bits per heavy atom. The normalized spacial score (nSPS) is 13.5. The van der Waals surface area contributed by atoms with Crippen LogP contribution in [0.2, 0.25) is 0 Å². The zero-order chi connectivity index (χ0) is 9.68. The van der Waals surface area contributed by atoms with Gasteiger partial charge in [0.25, 0.3) is 0 Å². The number of likely N-dealkylation sites (N-methyl/N-ethyl adjacent to an activating group) is 2. The maximum Gasteiger partial charge on any atom is 0.0795 e. The van der Waals surface area contributed by atoms with Gasteiger partial charge >= 0.3 is 0 Å². The Bertz CT molecular complexity index is 223. The molecule has 74 valence electrons. The first-order chi connectivity index (χ1) is 6.22. The molecule has 1 atom stereocenters. The van der Waals surface area contributed by atoms with Crippen LogP contribution in [0, 0.1) is 0 Å². The first-order valence-electron chi connectivity index (χ1n) is 4.45. The van der Waals surface area contributed by atoms with Crippen molar-refractivity contribution in [3.05, 3.63) is 16.6 Å². The molecule has 1 heterocycles. The van der Waals surface area contributed by atoms with Crippen molar-refractivity contribution in [3.8, 4) is 0 Å². The molecule has 0 fully saturated rings.